The van der Waals surface area contributed by atoms with Crippen molar-refractivity contribution in [2.75, 3.05) is 40.4 Å². The number of amidine groups is 2. The number of hydrogen-bond acceptors (Lipinski definition) is 8. The highest BCUT2D eigenvalue weighted by Gasteiger charge is 2.21. The molecule has 0 amide bonds. The molecule has 2 aliphatic heterocycles. The first-order valence-corrected chi connectivity index (χ1v) is 13.6. The molecule has 2 aromatic carbocycles. The first-order valence-electron chi connectivity index (χ1n) is 12.8. The van der Waals surface area contributed by atoms with Crippen LogP contribution in [0.15, 0.2) is 75.1 Å². The average Bonchev–Trinajstić information content (AvgIpc) is 3.72. The summed E-state index contributed by atoms with van der Waals surface area (Å²) in [7, 11) is 3.14. The second kappa shape index (κ2) is 11.1. The monoisotopic (exact) mass is 600 g/mol. The molecule has 0 bridgehead atoms. The number of benzene rings is 2. The van der Waals surface area contributed by atoms with Gasteiger partial charge in [-0.05, 0) is 51.8 Å². The second-order valence-electron chi connectivity index (χ2n) is 9.16. The van der Waals surface area contributed by atoms with E-state index in [1.807, 2.05) is 42.5 Å². The molecule has 0 spiro atoms. The Bertz CT molecular complexity index is 1550. The minimum Gasteiger partial charge on any atom is -0.480 e. The fourth-order valence-electron chi connectivity index (χ4n) is 4.88. The Balaban J connectivity index is 1.39. The van der Waals surface area contributed by atoms with E-state index >= 15 is 4.39 Å². The molecule has 4 aromatic rings. The molecule has 2 aliphatic rings. The van der Waals surface area contributed by atoms with Gasteiger partial charge in [-0.1, -0.05) is 30.3 Å². The number of pyridine rings is 2. The minimum absolute atomic E-state index is 0.370. The van der Waals surface area contributed by atoms with E-state index in [0.29, 0.717) is 46.4 Å². The molecule has 6 rings (SSSR count). The summed E-state index contributed by atoms with van der Waals surface area (Å²) in [5.74, 6) is 1.98. The lowest BCUT2D eigenvalue weighted by Crippen LogP contribution is -2.20. The number of ether oxygens (including phenoxy) is 2. The van der Waals surface area contributed by atoms with Crippen LogP contribution >= 0.6 is 15.9 Å². The van der Waals surface area contributed by atoms with Crippen molar-refractivity contribution in [3.63, 3.8) is 0 Å². The molecule has 40 heavy (non-hydrogen) atoms. The van der Waals surface area contributed by atoms with Gasteiger partial charge in [0.25, 0.3) is 0 Å². The largest absolute Gasteiger partial charge is 0.480 e. The molecule has 0 fully saturated rings. The van der Waals surface area contributed by atoms with Crippen LogP contribution < -0.4 is 20.1 Å². The third kappa shape index (κ3) is 4.68. The lowest BCUT2D eigenvalue weighted by Gasteiger charge is -2.15. The second-order valence-corrected chi connectivity index (χ2v) is 9.95. The number of halogens is 2. The number of methoxy groups -OCH3 is 2. The first kappa shape index (κ1) is 25.9. The molecular formula is C30H26BrFN6O2. The Morgan fingerprint density at radius 2 is 1.15 bits per heavy atom. The van der Waals surface area contributed by atoms with Crippen LogP contribution in [0.4, 0.5) is 4.39 Å². The number of nitrogens with one attached hydrogen (secondary N) is 2. The van der Waals surface area contributed by atoms with Gasteiger partial charge >= 0.3 is 0 Å². The predicted molar refractivity (Wildman–Crippen MR) is 158 cm³/mol. The van der Waals surface area contributed by atoms with Crippen LogP contribution in [-0.2, 0) is 0 Å². The van der Waals surface area contributed by atoms with Gasteiger partial charge in [-0.25, -0.2) is 14.4 Å². The lowest BCUT2D eigenvalue weighted by molar-refractivity contribution is 0.397. The molecule has 202 valence electrons. The Morgan fingerprint density at radius 1 is 0.650 bits per heavy atom. The van der Waals surface area contributed by atoms with Crippen molar-refractivity contribution in [1.82, 2.24) is 20.6 Å². The summed E-state index contributed by atoms with van der Waals surface area (Å²) in [4.78, 5) is 18.3. The van der Waals surface area contributed by atoms with E-state index < -0.39 is 0 Å². The number of hydrogen-bond donors (Lipinski definition) is 2. The number of aromatic nitrogens is 2. The minimum atomic E-state index is -0.384. The summed E-state index contributed by atoms with van der Waals surface area (Å²) < 4.78 is 28.0. The highest BCUT2D eigenvalue weighted by Crippen LogP contribution is 2.40. The van der Waals surface area contributed by atoms with Crippen molar-refractivity contribution in [2.45, 2.75) is 0 Å². The third-order valence-corrected chi connectivity index (χ3v) is 7.66. The van der Waals surface area contributed by atoms with E-state index in [9.17, 15) is 0 Å². The van der Waals surface area contributed by atoms with E-state index in [1.165, 1.54) is 0 Å². The predicted octanol–water partition coefficient (Wildman–Crippen LogP) is 5.10. The summed E-state index contributed by atoms with van der Waals surface area (Å²) >= 11 is 3.73. The fourth-order valence-corrected chi connectivity index (χ4v) is 5.57. The Kier molecular flexibility index (Phi) is 7.17. The van der Waals surface area contributed by atoms with Gasteiger partial charge in [0.05, 0.1) is 49.8 Å². The summed E-state index contributed by atoms with van der Waals surface area (Å²) in [5.41, 5.74) is 5.02. The van der Waals surface area contributed by atoms with Crippen molar-refractivity contribution in [1.29, 1.82) is 0 Å². The molecule has 10 heteroatoms. The normalized spacial score (nSPS) is 14.3. The zero-order valence-electron chi connectivity index (χ0n) is 22.0. The standard InChI is InChI=1S/C30H26BrFN6O2/c1-39-29-21(27-33-13-14-34-27)9-11-23(37-29)19-7-3-5-17(25(19)31)18-6-4-8-20(26(18)32)24-12-10-22(30(38-24)40-2)28-35-15-16-36-28/h3-12H,13-16H2,1-2H3,(H,33,34)(H,35,36). The molecule has 0 saturated carbocycles. The van der Waals surface area contributed by atoms with E-state index in [1.54, 1.807) is 32.4 Å². The first-order chi connectivity index (χ1) is 19.6. The van der Waals surface area contributed by atoms with E-state index in [0.717, 1.165) is 52.5 Å². The zero-order valence-corrected chi connectivity index (χ0v) is 23.5. The van der Waals surface area contributed by atoms with Crippen molar-refractivity contribution in [2.24, 2.45) is 9.98 Å². The highest BCUT2D eigenvalue weighted by atomic mass is 79.9. The van der Waals surface area contributed by atoms with Crippen LogP contribution in [0, 0.1) is 5.82 Å². The summed E-state index contributed by atoms with van der Waals surface area (Å²) in [6.07, 6.45) is 0. The van der Waals surface area contributed by atoms with Gasteiger partial charge in [-0.15, -0.1) is 0 Å². The maximum absolute atomic E-state index is 16.1. The van der Waals surface area contributed by atoms with Crippen molar-refractivity contribution >= 4 is 27.6 Å². The van der Waals surface area contributed by atoms with Gasteiger partial charge in [0.15, 0.2) is 0 Å². The van der Waals surface area contributed by atoms with Crippen LogP contribution in [0.1, 0.15) is 11.1 Å². The Labute approximate surface area is 239 Å². The zero-order chi connectivity index (χ0) is 27.6. The van der Waals surface area contributed by atoms with Crippen LogP contribution in [0.25, 0.3) is 33.6 Å². The summed E-state index contributed by atoms with van der Waals surface area (Å²) in [5, 5.41) is 6.48. The van der Waals surface area contributed by atoms with Gasteiger partial charge in [0, 0.05) is 34.3 Å². The van der Waals surface area contributed by atoms with Crippen molar-refractivity contribution < 1.29 is 13.9 Å². The maximum atomic E-state index is 16.1. The van der Waals surface area contributed by atoms with Crippen LogP contribution in [0.2, 0.25) is 0 Å². The van der Waals surface area contributed by atoms with Gasteiger partial charge in [0.1, 0.15) is 17.5 Å². The van der Waals surface area contributed by atoms with Crippen LogP contribution in [-0.4, -0.2) is 62.0 Å². The fraction of sp³-hybridized carbons (Fsp3) is 0.200. The molecule has 0 unspecified atom stereocenters. The molecule has 0 radical (unpaired) electrons. The SMILES string of the molecule is COc1nc(-c2cccc(-c3cccc(-c4ccc(C5=NCCN5)c(OC)n4)c3Br)c2F)ccc1C1=NCCN1. The number of nitrogens with zero attached hydrogens (tertiary/aromatic N) is 4. The van der Waals surface area contributed by atoms with E-state index in [2.05, 4.69) is 41.5 Å². The quantitative estimate of drug-likeness (QED) is 0.307. The topological polar surface area (TPSA) is 93.0 Å². The lowest BCUT2D eigenvalue weighted by atomic mass is 9.97. The molecule has 0 aliphatic carbocycles. The van der Waals surface area contributed by atoms with Crippen molar-refractivity contribution in [3.8, 4) is 45.4 Å². The smallest absolute Gasteiger partial charge is 0.224 e. The van der Waals surface area contributed by atoms with E-state index in [4.69, 9.17) is 14.5 Å². The number of aliphatic imine (C=N–C) groups is 2. The molecule has 2 N–H and O–H groups in total. The summed E-state index contributed by atoms with van der Waals surface area (Å²) in [6.45, 7) is 2.97. The average molecular weight is 601 g/mol. The Hall–Kier alpha value is -4.31. The molecule has 0 atom stereocenters. The number of rotatable bonds is 7. The van der Waals surface area contributed by atoms with Crippen LogP contribution in [0.3, 0.4) is 0 Å². The molecule has 8 nitrogen and oxygen atoms in total. The van der Waals surface area contributed by atoms with Gasteiger partial charge in [-0.2, -0.15) is 0 Å². The molecule has 4 heterocycles. The molecular weight excluding hydrogens is 575 g/mol. The van der Waals surface area contributed by atoms with E-state index in [-0.39, 0.29) is 5.82 Å². The Morgan fingerprint density at radius 3 is 1.68 bits per heavy atom. The van der Waals surface area contributed by atoms with Crippen molar-refractivity contribution in [3.05, 3.63) is 82.1 Å². The van der Waals surface area contributed by atoms with Gasteiger partial charge in [0.2, 0.25) is 11.8 Å². The van der Waals surface area contributed by atoms with Crippen LogP contribution in [0.5, 0.6) is 11.8 Å². The van der Waals surface area contributed by atoms with Gasteiger partial charge in [-0.3, -0.25) is 9.98 Å². The highest BCUT2D eigenvalue weighted by molar-refractivity contribution is 9.10. The molecule has 0 saturated heterocycles. The van der Waals surface area contributed by atoms with Gasteiger partial charge < -0.3 is 20.1 Å². The summed E-state index contributed by atoms with van der Waals surface area (Å²) in [6, 6.07) is 18.5. The molecule has 2 aromatic heterocycles. The third-order valence-electron chi connectivity index (χ3n) is 6.81. The maximum Gasteiger partial charge on any atom is 0.224 e.